The summed E-state index contributed by atoms with van der Waals surface area (Å²) in [6.07, 6.45) is 0.773. The Morgan fingerprint density at radius 1 is 1.56 bits per heavy atom. The van der Waals surface area contributed by atoms with Crippen LogP contribution >= 0.6 is 38.9 Å². The molecule has 0 spiro atoms. The second-order valence-corrected chi connectivity index (χ2v) is 9.00. The quantitative estimate of drug-likeness (QED) is 0.768. The Kier molecular flexibility index (Phi) is 5.25. The summed E-state index contributed by atoms with van der Waals surface area (Å²) in [6, 6.07) is 3.14. The van der Waals surface area contributed by atoms with Crippen molar-refractivity contribution >= 4 is 48.9 Å². The topological polar surface area (TPSA) is 37.4 Å². The molecule has 1 unspecified atom stereocenters. The van der Waals surface area contributed by atoms with Crippen molar-refractivity contribution in [2.24, 2.45) is 0 Å². The molecule has 0 N–H and O–H groups in total. The highest BCUT2D eigenvalue weighted by Gasteiger charge is 2.22. The van der Waals surface area contributed by atoms with Crippen LogP contribution < -0.4 is 0 Å². The van der Waals surface area contributed by atoms with Crippen LogP contribution in [0, 0.1) is 0 Å². The van der Waals surface area contributed by atoms with E-state index in [1.165, 1.54) is 10.4 Å². The molecule has 0 aliphatic carbocycles. The first-order valence-corrected chi connectivity index (χ1v) is 8.25. The maximum Gasteiger partial charge on any atom is 0.252 e. The van der Waals surface area contributed by atoms with E-state index in [2.05, 4.69) is 15.9 Å². The van der Waals surface area contributed by atoms with Crippen molar-refractivity contribution in [1.82, 2.24) is 4.31 Å². The molecule has 0 radical (unpaired) electrons. The van der Waals surface area contributed by atoms with Crippen LogP contribution in [0.3, 0.4) is 0 Å². The number of rotatable bonds is 5. The molecule has 0 saturated heterocycles. The highest BCUT2D eigenvalue weighted by atomic mass is 79.9. The van der Waals surface area contributed by atoms with Crippen LogP contribution in [0.25, 0.3) is 0 Å². The Morgan fingerprint density at radius 2 is 2.19 bits per heavy atom. The fourth-order valence-electron chi connectivity index (χ4n) is 1.07. The van der Waals surface area contributed by atoms with Gasteiger partial charge in [-0.1, -0.05) is 34.5 Å². The molecule has 92 valence electrons. The average Bonchev–Trinajstić information content (AvgIpc) is 2.61. The third kappa shape index (κ3) is 3.70. The van der Waals surface area contributed by atoms with Crippen molar-refractivity contribution in [2.75, 3.05) is 13.6 Å². The Labute approximate surface area is 114 Å². The molecule has 1 heterocycles. The van der Waals surface area contributed by atoms with E-state index in [0.717, 1.165) is 17.8 Å². The SMILES string of the molecule is CC(Br)CCN(C)S(=O)(=O)c1ccc(Cl)s1. The van der Waals surface area contributed by atoms with Gasteiger partial charge >= 0.3 is 0 Å². The van der Waals surface area contributed by atoms with Crippen molar-refractivity contribution in [1.29, 1.82) is 0 Å². The van der Waals surface area contributed by atoms with Gasteiger partial charge in [-0.15, -0.1) is 11.3 Å². The van der Waals surface area contributed by atoms with Crippen molar-refractivity contribution < 1.29 is 8.42 Å². The van der Waals surface area contributed by atoms with Crippen molar-refractivity contribution in [3.8, 4) is 0 Å². The summed E-state index contributed by atoms with van der Waals surface area (Å²) in [5, 5.41) is 0. The lowest BCUT2D eigenvalue weighted by Gasteiger charge is -2.16. The van der Waals surface area contributed by atoms with Gasteiger partial charge < -0.3 is 0 Å². The summed E-state index contributed by atoms with van der Waals surface area (Å²) < 4.78 is 26.2. The van der Waals surface area contributed by atoms with Crippen molar-refractivity contribution in [2.45, 2.75) is 22.4 Å². The lowest BCUT2D eigenvalue weighted by atomic mass is 10.3. The summed E-state index contributed by atoms with van der Waals surface area (Å²) in [5.41, 5.74) is 0. The van der Waals surface area contributed by atoms with E-state index in [1.54, 1.807) is 13.1 Å². The first kappa shape index (κ1) is 14.4. The van der Waals surface area contributed by atoms with Crippen LogP contribution in [0.1, 0.15) is 13.3 Å². The fourth-order valence-corrected chi connectivity index (χ4v) is 4.15. The molecule has 7 heteroatoms. The minimum Gasteiger partial charge on any atom is -0.206 e. The van der Waals surface area contributed by atoms with Gasteiger partial charge in [-0.05, 0) is 18.6 Å². The van der Waals surface area contributed by atoms with Crippen LogP contribution in [-0.4, -0.2) is 31.1 Å². The zero-order valence-electron chi connectivity index (χ0n) is 8.98. The number of thiophene rings is 1. The van der Waals surface area contributed by atoms with E-state index in [0.29, 0.717) is 19.9 Å². The number of hydrogen-bond donors (Lipinski definition) is 0. The van der Waals surface area contributed by atoms with Crippen LogP contribution in [0.2, 0.25) is 4.34 Å². The molecule has 1 atom stereocenters. The first-order chi connectivity index (χ1) is 7.34. The summed E-state index contributed by atoms with van der Waals surface area (Å²) >= 11 is 10.2. The van der Waals surface area contributed by atoms with E-state index in [1.807, 2.05) is 6.92 Å². The third-order valence-corrected chi connectivity index (χ3v) is 6.07. The average molecular weight is 347 g/mol. The molecular weight excluding hydrogens is 334 g/mol. The monoisotopic (exact) mass is 345 g/mol. The predicted octanol–water partition coefficient (Wildman–Crippen LogP) is 3.20. The van der Waals surface area contributed by atoms with Crippen LogP contribution in [-0.2, 0) is 10.0 Å². The molecule has 1 rings (SSSR count). The number of sulfonamides is 1. The molecule has 0 amide bonds. The minimum absolute atomic E-state index is 0.294. The van der Waals surface area contributed by atoms with Gasteiger partial charge in [0.1, 0.15) is 4.21 Å². The van der Waals surface area contributed by atoms with Gasteiger partial charge in [-0.25, -0.2) is 12.7 Å². The van der Waals surface area contributed by atoms with Crippen LogP contribution in [0.15, 0.2) is 16.3 Å². The second kappa shape index (κ2) is 5.82. The third-order valence-electron chi connectivity index (χ3n) is 2.05. The molecule has 16 heavy (non-hydrogen) atoms. The Hall–Kier alpha value is 0.380. The minimum atomic E-state index is -3.37. The summed E-state index contributed by atoms with van der Waals surface area (Å²) in [7, 11) is -1.79. The highest BCUT2D eigenvalue weighted by molar-refractivity contribution is 9.09. The fraction of sp³-hybridized carbons (Fsp3) is 0.556. The van der Waals surface area contributed by atoms with Crippen molar-refractivity contribution in [3.05, 3.63) is 16.5 Å². The van der Waals surface area contributed by atoms with E-state index < -0.39 is 10.0 Å². The van der Waals surface area contributed by atoms with Gasteiger partial charge in [0.05, 0.1) is 4.34 Å². The number of hydrogen-bond acceptors (Lipinski definition) is 3. The molecule has 3 nitrogen and oxygen atoms in total. The first-order valence-electron chi connectivity index (χ1n) is 4.70. The lowest BCUT2D eigenvalue weighted by Crippen LogP contribution is -2.28. The molecule has 0 bridgehead atoms. The molecule has 0 fully saturated rings. The maximum atomic E-state index is 12.0. The molecular formula is C9H13BrClNO2S2. The molecule has 0 aliphatic heterocycles. The van der Waals surface area contributed by atoms with Crippen molar-refractivity contribution in [3.63, 3.8) is 0 Å². The van der Waals surface area contributed by atoms with Gasteiger partial charge in [0.2, 0.25) is 0 Å². The number of nitrogens with zero attached hydrogens (tertiary/aromatic N) is 1. The molecule has 0 aliphatic rings. The van der Waals surface area contributed by atoms with Crippen LogP contribution in [0.4, 0.5) is 0 Å². The van der Waals surface area contributed by atoms with Gasteiger partial charge in [0.25, 0.3) is 10.0 Å². The van der Waals surface area contributed by atoms with Gasteiger partial charge in [0, 0.05) is 18.4 Å². The zero-order valence-corrected chi connectivity index (χ0v) is 13.0. The highest BCUT2D eigenvalue weighted by Crippen LogP contribution is 2.27. The predicted molar refractivity (Wildman–Crippen MR) is 72.2 cm³/mol. The zero-order chi connectivity index (χ0) is 12.3. The smallest absolute Gasteiger partial charge is 0.206 e. The van der Waals surface area contributed by atoms with Gasteiger partial charge in [-0.3, -0.25) is 0 Å². The molecule has 0 aromatic carbocycles. The largest absolute Gasteiger partial charge is 0.252 e. The summed E-state index contributed by atoms with van der Waals surface area (Å²) in [6.45, 7) is 2.48. The molecule has 1 aromatic rings. The summed E-state index contributed by atoms with van der Waals surface area (Å²) in [4.78, 5) is 0.303. The Bertz CT molecular complexity index is 444. The molecule has 1 aromatic heterocycles. The van der Waals surface area contributed by atoms with Gasteiger partial charge in [0.15, 0.2) is 0 Å². The van der Waals surface area contributed by atoms with E-state index in [-0.39, 0.29) is 0 Å². The van der Waals surface area contributed by atoms with E-state index in [9.17, 15) is 8.42 Å². The lowest BCUT2D eigenvalue weighted by molar-refractivity contribution is 0.464. The summed E-state index contributed by atoms with van der Waals surface area (Å²) in [5.74, 6) is 0. The molecule has 0 saturated carbocycles. The van der Waals surface area contributed by atoms with E-state index in [4.69, 9.17) is 11.6 Å². The number of alkyl halides is 1. The van der Waals surface area contributed by atoms with Crippen LogP contribution in [0.5, 0.6) is 0 Å². The standard InChI is InChI=1S/C9H13BrClNO2S2/c1-7(10)5-6-12(2)16(13,14)9-4-3-8(11)15-9/h3-4,7H,5-6H2,1-2H3. The Balaban J connectivity index is 2.78. The normalized spacial score (nSPS) is 14.3. The number of halogens is 2. The second-order valence-electron chi connectivity index (χ2n) is 3.45. The van der Waals surface area contributed by atoms with Gasteiger partial charge in [-0.2, -0.15) is 0 Å². The maximum absolute atomic E-state index is 12.0. The Morgan fingerprint density at radius 3 is 2.62 bits per heavy atom. The van der Waals surface area contributed by atoms with E-state index >= 15 is 0 Å².